The number of halogens is 6. The number of hydrogen-bond donors (Lipinski definition) is 0. The molecule has 0 aromatic heterocycles. The van der Waals surface area contributed by atoms with E-state index < -0.39 is 24.5 Å². The summed E-state index contributed by atoms with van der Waals surface area (Å²) in [5.74, 6) is 0.308. The van der Waals surface area contributed by atoms with Gasteiger partial charge in [0.25, 0.3) is 6.10 Å². The number of allylic oxidation sites excluding steroid dienone is 4. The van der Waals surface area contributed by atoms with E-state index in [9.17, 15) is 31.1 Å². The number of carbonyl (C=O) groups excluding carboxylic acids is 1. The van der Waals surface area contributed by atoms with Crippen molar-refractivity contribution in [3.63, 3.8) is 0 Å². The van der Waals surface area contributed by atoms with Crippen LogP contribution in [0.3, 0.4) is 0 Å². The Labute approximate surface area is 196 Å². The second-order valence-electron chi connectivity index (χ2n) is 10.4. The maximum absolute atomic E-state index is 12.7. The topological polar surface area (TPSA) is 32.8 Å². The molecule has 0 aromatic carbocycles. The van der Waals surface area contributed by atoms with Crippen LogP contribution in [0.5, 0.6) is 0 Å². The Balaban J connectivity index is 1.56. The van der Waals surface area contributed by atoms with Gasteiger partial charge in [-0.05, 0) is 42.7 Å². The van der Waals surface area contributed by atoms with Crippen molar-refractivity contribution in [1.82, 2.24) is 9.80 Å². The van der Waals surface area contributed by atoms with E-state index in [-0.39, 0.29) is 23.9 Å². The second-order valence-corrected chi connectivity index (χ2v) is 10.4. The van der Waals surface area contributed by atoms with Crippen LogP contribution in [-0.2, 0) is 4.74 Å². The number of amides is 1. The number of ether oxygens (including phenoxy) is 1. The van der Waals surface area contributed by atoms with E-state index in [1.807, 2.05) is 0 Å². The molecule has 2 aliphatic heterocycles. The lowest BCUT2D eigenvalue weighted by Crippen LogP contribution is -2.50. The maximum Gasteiger partial charge on any atom is 0.434 e. The van der Waals surface area contributed by atoms with Crippen molar-refractivity contribution in [1.29, 1.82) is 0 Å². The Bertz CT molecular complexity index is 821. The molecule has 3 rings (SSSR count). The largest absolute Gasteiger partial charge is 0.434 e. The average Bonchev–Trinajstić information content (AvgIpc) is 3.09. The molecule has 1 unspecified atom stereocenters. The zero-order chi connectivity index (χ0) is 25.4. The van der Waals surface area contributed by atoms with Crippen LogP contribution < -0.4 is 0 Å². The van der Waals surface area contributed by atoms with Crippen LogP contribution >= 0.6 is 0 Å². The SMILES string of the molecule is CC1/C=C\C(C)(C)/C=C\C(CN2CCC3(CCN(C(=O)OC(C(F)(F)F)C(F)(F)F)CC3)C2)=C/1. The minimum atomic E-state index is -5.71. The minimum absolute atomic E-state index is 0.0291. The Morgan fingerprint density at radius 1 is 1.06 bits per heavy atom. The molecule has 0 saturated carbocycles. The highest BCUT2D eigenvalue weighted by Gasteiger charge is 2.60. The van der Waals surface area contributed by atoms with E-state index in [0.717, 1.165) is 31.0 Å². The van der Waals surface area contributed by atoms with E-state index in [2.05, 4.69) is 60.8 Å². The Hall–Kier alpha value is -1.97. The fraction of sp³-hybridized carbons (Fsp3) is 0.708. The summed E-state index contributed by atoms with van der Waals surface area (Å²) < 4.78 is 80.0. The quantitative estimate of drug-likeness (QED) is 0.350. The lowest BCUT2D eigenvalue weighted by Gasteiger charge is -2.39. The van der Waals surface area contributed by atoms with E-state index >= 15 is 0 Å². The zero-order valence-electron chi connectivity index (χ0n) is 19.7. The first-order chi connectivity index (χ1) is 15.6. The van der Waals surface area contributed by atoms with Gasteiger partial charge in [-0.2, -0.15) is 26.3 Å². The first kappa shape index (κ1) is 26.6. The molecule has 10 heteroatoms. The van der Waals surface area contributed by atoms with E-state index in [1.165, 1.54) is 5.57 Å². The van der Waals surface area contributed by atoms with Crippen molar-refractivity contribution in [2.75, 3.05) is 32.7 Å². The summed E-state index contributed by atoms with van der Waals surface area (Å²) in [5.41, 5.74) is 1.09. The van der Waals surface area contributed by atoms with Gasteiger partial charge in [0.15, 0.2) is 0 Å². The summed E-state index contributed by atoms with van der Waals surface area (Å²) in [5, 5.41) is 0. The van der Waals surface area contributed by atoms with Crippen LogP contribution in [0.1, 0.15) is 40.0 Å². The summed E-state index contributed by atoms with van der Waals surface area (Å²) >= 11 is 0. The van der Waals surface area contributed by atoms with Gasteiger partial charge < -0.3 is 9.64 Å². The van der Waals surface area contributed by atoms with Gasteiger partial charge in [0, 0.05) is 31.6 Å². The summed E-state index contributed by atoms with van der Waals surface area (Å²) in [6, 6.07) is 0. The molecule has 1 atom stereocenters. The second kappa shape index (κ2) is 9.59. The fourth-order valence-electron chi connectivity index (χ4n) is 4.82. The summed E-state index contributed by atoms with van der Waals surface area (Å²) in [6.07, 6.45) is -4.26. The number of likely N-dealkylation sites (tertiary alicyclic amines) is 2. The molecular formula is C24H32F6N2O2. The molecule has 3 aliphatic rings. The summed E-state index contributed by atoms with van der Waals surface area (Å²) in [4.78, 5) is 15.3. The summed E-state index contributed by atoms with van der Waals surface area (Å²) in [7, 11) is 0. The van der Waals surface area contributed by atoms with Gasteiger partial charge in [0.2, 0.25) is 0 Å². The third-order valence-electron chi connectivity index (χ3n) is 6.85. The highest BCUT2D eigenvalue weighted by Crippen LogP contribution is 2.42. The highest BCUT2D eigenvalue weighted by molar-refractivity contribution is 5.68. The van der Waals surface area contributed by atoms with Crippen molar-refractivity contribution in [2.24, 2.45) is 16.7 Å². The van der Waals surface area contributed by atoms with Crippen LogP contribution in [0.15, 0.2) is 36.0 Å². The molecule has 0 aromatic rings. The normalized spacial score (nSPS) is 28.8. The standard InChI is InChI=1S/C24H32F6N2O2/c1-17-4-6-21(2,3)7-5-18(14-17)15-31-11-8-22(16-31)9-12-32(13-10-22)20(33)34-19(23(25,26)27)24(28,29)30/h4-7,14,17,19H,8-13,15-16H2,1-3H3/b6-4-,7-5-,18-14+. The minimum Gasteiger partial charge on any atom is -0.426 e. The molecule has 1 spiro atoms. The van der Waals surface area contributed by atoms with Crippen molar-refractivity contribution in [3.8, 4) is 0 Å². The lowest BCUT2D eigenvalue weighted by atomic mass is 9.78. The molecule has 0 N–H and O–H groups in total. The first-order valence-corrected chi connectivity index (χ1v) is 11.5. The molecule has 4 nitrogen and oxygen atoms in total. The molecule has 0 radical (unpaired) electrons. The van der Waals surface area contributed by atoms with Crippen LogP contribution in [-0.4, -0.2) is 67.1 Å². The number of nitrogens with zero attached hydrogens (tertiary/aromatic N) is 2. The number of hydrogen-bond acceptors (Lipinski definition) is 3. The van der Waals surface area contributed by atoms with Gasteiger partial charge in [-0.3, -0.25) is 4.90 Å². The third kappa shape index (κ3) is 6.79. The molecule has 0 bridgehead atoms. The van der Waals surface area contributed by atoms with Gasteiger partial charge >= 0.3 is 18.4 Å². The molecule has 2 saturated heterocycles. The Morgan fingerprint density at radius 2 is 1.65 bits per heavy atom. The molecule has 34 heavy (non-hydrogen) atoms. The summed E-state index contributed by atoms with van der Waals surface area (Å²) in [6.45, 7) is 8.98. The lowest BCUT2D eigenvalue weighted by molar-refractivity contribution is -0.308. The molecule has 2 fully saturated rings. The number of piperidine rings is 1. The van der Waals surface area contributed by atoms with E-state index in [4.69, 9.17) is 0 Å². The van der Waals surface area contributed by atoms with Gasteiger partial charge in [-0.15, -0.1) is 0 Å². The fourth-order valence-corrected chi connectivity index (χ4v) is 4.82. The smallest absolute Gasteiger partial charge is 0.426 e. The predicted molar refractivity (Wildman–Crippen MR) is 116 cm³/mol. The van der Waals surface area contributed by atoms with Gasteiger partial charge in [0.05, 0.1) is 0 Å². The zero-order valence-corrected chi connectivity index (χ0v) is 19.7. The van der Waals surface area contributed by atoms with Gasteiger partial charge in [-0.25, -0.2) is 4.79 Å². The first-order valence-electron chi connectivity index (χ1n) is 11.5. The monoisotopic (exact) mass is 494 g/mol. The Kier molecular flexibility index (Phi) is 7.51. The van der Waals surface area contributed by atoms with Gasteiger partial charge in [0.1, 0.15) is 0 Å². The average molecular weight is 495 g/mol. The molecule has 1 aliphatic carbocycles. The molecule has 192 valence electrons. The molecule has 2 heterocycles. The van der Waals surface area contributed by atoms with E-state index in [0.29, 0.717) is 18.8 Å². The van der Waals surface area contributed by atoms with Crippen molar-refractivity contribution < 1.29 is 35.9 Å². The van der Waals surface area contributed by atoms with Crippen LogP contribution in [0, 0.1) is 16.7 Å². The Morgan fingerprint density at radius 3 is 2.24 bits per heavy atom. The third-order valence-corrected chi connectivity index (χ3v) is 6.85. The predicted octanol–water partition coefficient (Wildman–Crippen LogP) is 6.12. The van der Waals surface area contributed by atoms with Crippen LogP contribution in [0.4, 0.5) is 31.1 Å². The van der Waals surface area contributed by atoms with Crippen LogP contribution in [0.25, 0.3) is 0 Å². The molecule has 1 amide bonds. The highest BCUT2D eigenvalue weighted by atomic mass is 19.4. The van der Waals surface area contributed by atoms with Gasteiger partial charge in [-0.1, -0.05) is 51.2 Å². The van der Waals surface area contributed by atoms with Crippen LogP contribution in [0.2, 0.25) is 0 Å². The van der Waals surface area contributed by atoms with Crippen molar-refractivity contribution >= 4 is 6.09 Å². The number of rotatable bonds is 3. The van der Waals surface area contributed by atoms with Crippen molar-refractivity contribution in [2.45, 2.75) is 58.5 Å². The number of carbonyl (C=O) groups is 1. The maximum atomic E-state index is 12.7. The van der Waals surface area contributed by atoms with Crippen molar-refractivity contribution in [3.05, 3.63) is 36.0 Å². The number of alkyl halides is 6. The molecular weight excluding hydrogens is 462 g/mol. The van der Waals surface area contributed by atoms with E-state index in [1.54, 1.807) is 0 Å².